The average molecular weight is 221 g/mol. The van der Waals surface area contributed by atoms with Gasteiger partial charge in [-0.2, -0.15) is 0 Å². The predicted octanol–water partition coefficient (Wildman–Crippen LogP) is 1.82. The van der Waals surface area contributed by atoms with Crippen LogP contribution in [0.1, 0.15) is 19.9 Å². The van der Waals surface area contributed by atoms with E-state index in [1.165, 1.54) is 12.1 Å². The fourth-order valence-corrected chi connectivity index (χ4v) is 1.67. The lowest BCUT2D eigenvalue weighted by Gasteiger charge is -2.07. The van der Waals surface area contributed by atoms with Gasteiger partial charge in [0, 0.05) is 18.2 Å². The summed E-state index contributed by atoms with van der Waals surface area (Å²) in [6.07, 6.45) is 0. The van der Waals surface area contributed by atoms with Crippen molar-refractivity contribution < 1.29 is 4.92 Å². The summed E-state index contributed by atoms with van der Waals surface area (Å²) in [5, 5.41) is 13.6. The molecule has 0 saturated carbocycles. The smallest absolute Gasteiger partial charge is 0.272 e. The molecule has 2 rings (SSSR count). The second-order valence-corrected chi connectivity index (χ2v) is 3.86. The largest absolute Gasteiger partial charge is 0.282 e. The van der Waals surface area contributed by atoms with Crippen molar-refractivity contribution in [2.24, 2.45) is 0 Å². The highest BCUT2D eigenvalue weighted by Crippen LogP contribution is 2.19. The number of nitrogens with zero attached hydrogens (tertiary/aromatic N) is 2. The standard InChI is InChI=1S/C10H11N3O3/c1-6(2)12-9-4-3-7(13(15)16)5-8(9)10(14)11-12/h3-6H,1-2H3,(H,11,14). The Morgan fingerprint density at radius 3 is 2.69 bits per heavy atom. The second-order valence-electron chi connectivity index (χ2n) is 3.86. The minimum Gasteiger partial charge on any atom is -0.282 e. The Bertz CT molecular complexity index is 609. The molecule has 0 fully saturated rings. The molecule has 0 spiro atoms. The van der Waals surface area contributed by atoms with Crippen LogP contribution in [0.3, 0.4) is 0 Å². The molecule has 1 heterocycles. The number of fused-ring (bicyclic) bond motifs is 1. The molecule has 0 aliphatic heterocycles. The molecule has 84 valence electrons. The summed E-state index contributed by atoms with van der Waals surface area (Å²) >= 11 is 0. The van der Waals surface area contributed by atoms with E-state index in [-0.39, 0.29) is 17.3 Å². The van der Waals surface area contributed by atoms with E-state index < -0.39 is 4.92 Å². The van der Waals surface area contributed by atoms with Gasteiger partial charge >= 0.3 is 0 Å². The quantitative estimate of drug-likeness (QED) is 0.620. The number of non-ortho nitro benzene ring substituents is 1. The molecule has 6 heteroatoms. The van der Waals surface area contributed by atoms with Gasteiger partial charge in [-0.25, -0.2) is 0 Å². The van der Waals surface area contributed by atoms with E-state index in [9.17, 15) is 14.9 Å². The van der Waals surface area contributed by atoms with Crippen molar-refractivity contribution in [1.82, 2.24) is 9.78 Å². The van der Waals surface area contributed by atoms with Crippen molar-refractivity contribution in [3.63, 3.8) is 0 Å². The van der Waals surface area contributed by atoms with E-state index in [0.29, 0.717) is 10.9 Å². The molecule has 1 N–H and O–H groups in total. The molecule has 2 aromatic rings. The molecular weight excluding hydrogens is 210 g/mol. The SMILES string of the molecule is CC(C)n1[nH]c(=O)c2cc([N+](=O)[O-])ccc21. The van der Waals surface area contributed by atoms with Crippen LogP contribution < -0.4 is 5.56 Å². The maximum absolute atomic E-state index is 11.6. The first-order chi connectivity index (χ1) is 7.50. The van der Waals surface area contributed by atoms with Crippen molar-refractivity contribution in [2.75, 3.05) is 0 Å². The lowest BCUT2D eigenvalue weighted by Crippen LogP contribution is -2.07. The third kappa shape index (κ3) is 1.48. The molecule has 0 bridgehead atoms. The van der Waals surface area contributed by atoms with E-state index in [4.69, 9.17) is 0 Å². The van der Waals surface area contributed by atoms with Crippen LogP contribution in [0.5, 0.6) is 0 Å². The third-order valence-corrected chi connectivity index (χ3v) is 2.43. The summed E-state index contributed by atoms with van der Waals surface area (Å²) in [4.78, 5) is 21.7. The van der Waals surface area contributed by atoms with Crippen LogP contribution in [-0.4, -0.2) is 14.7 Å². The summed E-state index contributed by atoms with van der Waals surface area (Å²) in [5.41, 5.74) is 0.317. The lowest BCUT2D eigenvalue weighted by molar-refractivity contribution is -0.384. The first-order valence-electron chi connectivity index (χ1n) is 4.89. The Morgan fingerprint density at radius 2 is 2.12 bits per heavy atom. The molecule has 0 saturated heterocycles. The molecule has 16 heavy (non-hydrogen) atoms. The number of rotatable bonds is 2. The summed E-state index contributed by atoms with van der Waals surface area (Å²) in [7, 11) is 0. The number of aromatic nitrogens is 2. The van der Waals surface area contributed by atoms with Gasteiger partial charge in [-0.15, -0.1) is 0 Å². The van der Waals surface area contributed by atoms with Crippen LogP contribution in [-0.2, 0) is 0 Å². The molecule has 0 radical (unpaired) electrons. The highest BCUT2D eigenvalue weighted by atomic mass is 16.6. The van der Waals surface area contributed by atoms with Crippen LogP contribution in [0.25, 0.3) is 10.9 Å². The van der Waals surface area contributed by atoms with Gasteiger partial charge in [0.15, 0.2) is 0 Å². The van der Waals surface area contributed by atoms with Crippen LogP contribution >= 0.6 is 0 Å². The molecule has 0 aliphatic carbocycles. The van der Waals surface area contributed by atoms with Crippen molar-refractivity contribution in [3.05, 3.63) is 38.7 Å². The average Bonchev–Trinajstić information content (AvgIpc) is 2.56. The van der Waals surface area contributed by atoms with Crippen molar-refractivity contribution >= 4 is 16.6 Å². The number of benzene rings is 1. The van der Waals surface area contributed by atoms with E-state index in [1.54, 1.807) is 10.7 Å². The molecule has 1 aromatic carbocycles. The van der Waals surface area contributed by atoms with Gasteiger partial charge in [0.05, 0.1) is 15.8 Å². The van der Waals surface area contributed by atoms with E-state index in [2.05, 4.69) is 5.10 Å². The summed E-state index contributed by atoms with van der Waals surface area (Å²) in [6, 6.07) is 4.39. The lowest BCUT2D eigenvalue weighted by atomic mass is 10.2. The topological polar surface area (TPSA) is 80.9 Å². The first kappa shape index (κ1) is 10.4. The van der Waals surface area contributed by atoms with Crippen LogP contribution in [0.15, 0.2) is 23.0 Å². The number of hydrogen-bond acceptors (Lipinski definition) is 3. The molecule has 0 aliphatic rings. The van der Waals surface area contributed by atoms with Crippen LogP contribution in [0.2, 0.25) is 0 Å². The minimum atomic E-state index is -0.508. The Labute approximate surface area is 90.6 Å². The highest BCUT2D eigenvalue weighted by Gasteiger charge is 2.13. The molecule has 0 unspecified atom stereocenters. The molecule has 6 nitrogen and oxygen atoms in total. The Balaban J connectivity index is 2.76. The zero-order chi connectivity index (χ0) is 11.9. The zero-order valence-corrected chi connectivity index (χ0v) is 8.93. The maximum atomic E-state index is 11.6. The monoisotopic (exact) mass is 221 g/mol. The summed E-state index contributed by atoms with van der Waals surface area (Å²) in [6.45, 7) is 3.85. The number of nitro benzene ring substituents is 1. The number of H-pyrrole nitrogens is 1. The fraction of sp³-hybridized carbons (Fsp3) is 0.300. The number of hydrogen-bond donors (Lipinski definition) is 1. The van der Waals surface area contributed by atoms with Gasteiger partial charge in [-0.1, -0.05) is 0 Å². The minimum absolute atomic E-state index is 0.0699. The van der Waals surface area contributed by atoms with Gasteiger partial charge in [-0.05, 0) is 19.9 Å². The van der Waals surface area contributed by atoms with Gasteiger partial charge in [0.2, 0.25) is 0 Å². The highest BCUT2D eigenvalue weighted by molar-refractivity contribution is 5.81. The number of aromatic amines is 1. The van der Waals surface area contributed by atoms with Crippen molar-refractivity contribution in [2.45, 2.75) is 19.9 Å². The fourth-order valence-electron chi connectivity index (χ4n) is 1.67. The zero-order valence-electron chi connectivity index (χ0n) is 8.93. The van der Waals surface area contributed by atoms with E-state index in [0.717, 1.165) is 0 Å². The third-order valence-electron chi connectivity index (χ3n) is 2.43. The predicted molar refractivity (Wildman–Crippen MR) is 59.6 cm³/mol. The van der Waals surface area contributed by atoms with Gasteiger partial charge < -0.3 is 0 Å². The summed E-state index contributed by atoms with van der Waals surface area (Å²) in [5.74, 6) is 0. The first-order valence-corrected chi connectivity index (χ1v) is 4.89. The Morgan fingerprint density at radius 1 is 1.44 bits per heavy atom. The van der Waals surface area contributed by atoms with Gasteiger partial charge in [-0.3, -0.25) is 24.7 Å². The Hall–Kier alpha value is -2.11. The van der Waals surface area contributed by atoms with Crippen LogP contribution in [0, 0.1) is 10.1 Å². The Kier molecular flexibility index (Phi) is 2.26. The normalized spacial score (nSPS) is 11.2. The van der Waals surface area contributed by atoms with Crippen molar-refractivity contribution in [1.29, 1.82) is 0 Å². The van der Waals surface area contributed by atoms with Crippen LogP contribution in [0.4, 0.5) is 5.69 Å². The van der Waals surface area contributed by atoms with Gasteiger partial charge in [0.25, 0.3) is 11.2 Å². The molecular formula is C10H11N3O3. The molecule has 0 atom stereocenters. The number of nitro groups is 1. The molecule has 0 amide bonds. The maximum Gasteiger partial charge on any atom is 0.272 e. The number of nitrogens with one attached hydrogen (secondary N) is 1. The molecule has 1 aromatic heterocycles. The second kappa shape index (κ2) is 3.48. The van der Waals surface area contributed by atoms with E-state index >= 15 is 0 Å². The van der Waals surface area contributed by atoms with E-state index in [1.807, 2.05) is 13.8 Å². The van der Waals surface area contributed by atoms with Gasteiger partial charge in [0.1, 0.15) is 0 Å². The summed E-state index contributed by atoms with van der Waals surface area (Å²) < 4.78 is 1.70. The van der Waals surface area contributed by atoms with Crippen molar-refractivity contribution in [3.8, 4) is 0 Å².